The molecule has 2 aromatic rings. The summed E-state index contributed by atoms with van der Waals surface area (Å²) in [6.07, 6.45) is 4.25. The fraction of sp³-hybridized carbons (Fsp3) is 0.458. The first-order valence-electron chi connectivity index (χ1n) is 10.2. The van der Waals surface area contributed by atoms with Crippen LogP contribution in [-0.4, -0.2) is 25.9 Å². The van der Waals surface area contributed by atoms with E-state index in [1.165, 1.54) is 17.5 Å². The van der Waals surface area contributed by atoms with Crippen molar-refractivity contribution in [3.63, 3.8) is 0 Å². The number of halogens is 1. The summed E-state index contributed by atoms with van der Waals surface area (Å²) in [5, 5.41) is 18.8. The number of benzene rings is 2. The lowest BCUT2D eigenvalue weighted by molar-refractivity contribution is 0.120. The Morgan fingerprint density at radius 1 is 1.03 bits per heavy atom. The van der Waals surface area contributed by atoms with E-state index in [-0.39, 0.29) is 18.3 Å². The number of aliphatic hydroxyl groups is 1. The van der Waals surface area contributed by atoms with Crippen LogP contribution in [0, 0.1) is 23.2 Å². The number of ether oxygens (including phenoxy) is 2. The van der Waals surface area contributed by atoms with Gasteiger partial charge in [0.15, 0.2) is 0 Å². The van der Waals surface area contributed by atoms with Gasteiger partial charge in [0.2, 0.25) is 0 Å². The van der Waals surface area contributed by atoms with Crippen molar-refractivity contribution in [3.8, 4) is 17.6 Å². The maximum absolute atomic E-state index is 9.96. The van der Waals surface area contributed by atoms with E-state index in [1.54, 1.807) is 14.2 Å². The summed E-state index contributed by atoms with van der Waals surface area (Å²) >= 11 is 0. The molecule has 0 bridgehead atoms. The van der Waals surface area contributed by atoms with Crippen molar-refractivity contribution >= 4 is 12.4 Å². The molecule has 0 amide bonds. The maximum atomic E-state index is 9.96. The van der Waals surface area contributed by atoms with Crippen LogP contribution >= 0.6 is 12.4 Å². The normalized spacial score (nSPS) is 21.5. The molecular formula is C24H31ClN2O3. The molecule has 0 spiro atoms. The molecule has 0 fully saturated rings. The van der Waals surface area contributed by atoms with Crippen LogP contribution in [0.5, 0.6) is 11.5 Å². The van der Waals surface area contributed by atoms with E-state index in [9.17, 15) is 5.11 Å². The van der Waals surface area contributed by atoms with Gasteiger partial charge in [-0.25, -0.2) is 0 Å². The van der Waals surface area contributed by atoms with Crippen LogP contribution in [0.15, 0.2) is 36.4 Å². The topological polar surface area (TPSA) is 88.5 Å². The summed E-state index contributed by atoms with van der Waals surface area (Å²) in [5.74, 6) is 2.22. The molecule has 3 atom stereocenters. The number of nitriles is 1. The summed E-state index contributed by atoms with van der Waals surface area (Å²) in [6.45, 7) is 0.802. The standard InChI is InChI=1S/C12H13NO2.C12H17NO.ClH/c1-15-11-4-2-3-10-9(11)6-5-8(7-13)12(10)14;1-14-12-4-2-3-10-7-9(8-13)5-6-11(10)12;/h2-4,8,12,14H,5-6H2,1H3;2-4,9H,5-8,13H2,1H3;1H. The van der Waals surface area contributed by atoms with Gasteiger partial charge in [0.05, 0.1) is 32.3 Å². The second-order valence-corrected chi connectivity index (χ2v) is 7.69. The van der Waals surface area contributed by atoms with Gasteiger partial charge in [-0.2, -0.15) is 5.26 Å². The molecule has 2 aliphatic carbocycles. The lowest BCUT2D eigenvalue weighted by Crippen LogP contribution is -2.22. The van der Waals surface area contributed by atoms with Crippen LogP contribution in [0.2, 0.25) is 0 Å². The Labute approximate surface area is 185 Å². The molecule has 5 nitrogen and oxygen atoms in total. The zero-order chi connectivity index (χ0) is 20.8. The third-order valence-corrected chi connectivity index (χ3v) is 6.05. The second-order valence-electron chi connectivity index (χ2n) is 7.69. The van der Waals surface area contributed by atoms with Gasteiger partial charge >= 0.3 is 0 Å². The van der Waals surface area contributed by atoms with E-state index in [2.05, 4.69) is 18.2 Å². The molecule has 162 valence electrons. The summed E-state index contributed by atoms with van der Waals surface area (Å²) in [4.78, 5) is 0. The number of hydrogen-bond donors (Lipinski definition) is 2. The molecule has 0 aromatic heterocycles. The Morgan fingerprint density at radius 3 is 2.30 bits per heavy atom. The second kappa shape index (κ2) is 11.2. The van der Waals surface area contributed by atoms with Crippen molar-refractivity contribution < 1.29 is 14.6 Å². The minimum absolute atomic E-state index is 0. The minimum Gasteiger partial charge on any atom is -0.496 e. The van der Waals surface area contributed by atoms with Crippen molar-refractivity contribution in [3.05, 3.63) is 58.7 Å². The van der Waals surface area contributed by atoms with E-state index in [0.29, 0.717) is 12.3 Å². The van der Waals surface area contributed by atoms with Crippen LogP contribution in [-0.2, 0) is 19.3 Å². The predicted octanol–water partition coefficient (Wildman–Crippen LogP) is 4.00. The van der Waals surface area contributed by atoms with Crippen molar-refractivity contribution in [1.29, 1.82) is 5.26 Å². The Hall–Kier alpha value is -2.26. The molecule has 6 heteroatoms. The van der Waals surface area contributed by atoms with Crippen molar-refractivity contribution in [2.45, 2.75) is 38.2 Å². The number of hydrogen-bond acceptors (Lipinski definition) is 5. The lowest BCUT2D eigenvalue weighted by Gasteiger charge is -2.26. The Bertz CT molecular complexity index is 881. The van der Waals surface area contributed by atoms with Crippen molar-refractivity contribution in [1.82, 2.24) is 0 Å². The van der Waals surface area contributed by atoms with E-state index in [0.717, 1.165) is 48.4 Å². The molecule has 0 heterocycles. The number of methoxy groups -OCH3 is 2. The van der Waals surface area contributed by atoms with Crippen molar-refractivity contribution in [2.24, 2.45) is 17.6 Å². The fourth-order valence-electron chi connectivity index (χ4n) is 4.37. The summed E-state index contributed by atoms with van der Waals surface area (Å²) in [5.41, 5.74) is 10.4. The zero-order valence-electron chi connectivity index (χ0n) is 17.6. The molecule has 3 unspecified atom stereocenters. The smallest absolute Gasteiger partial charge is 0.122 e. The third-order valence-electron chi connectivity index (χ3n) is 6.05. The van der Waals surface area contributed by atoms with E-state index < -0.39 is 6.10 Å². The molecule has 4 rings (SSSR count). The van der Waals surface area contributed by atoms with Crippen LogP contribution in [0.3, 0.4) is 0 Å². The summed E-state index contributed by atoms with van der Waals surface area (Å²) in [7, 11) is 3.36. The Balaban J connectivity index is 0.000000207. The predicted molar refractivity (Wildman–Crippen MR) is 120 cm³/mol. The zero-order valence-corrected chi connectivity index (χ0v) is 18.5. The highest BCUT2D eigenvalue weighted by Crippen LogP contribution is 2.38. The van der Waals surface area contributed by atoms with Gasteiger partial charge in [-0.15, -0.1) is 12.4 Å². The lowest BCUT2D eigenvalue weighted by atomic mass is 9.82. The molecule has 0 saturated carbocycles. The van der Waals surface area contributed by atoms with E-state index in [1.807, 2.05) is 24.3 Å². The van der Waals surface area contributed by atoms with E-state index in [4.69, 9.17) is 20.5 Å². The van der Waals surface area contributed by atoms with Gasteiger partial charge in [0.1, 0.15) is 11.5 Å². The first kappa shape index (κ1) is 24.0. The van der Waals surface area contributed by atoms with Crippen LogP contribution in [0.25, 0.3) is 0 Å². The molecule has 3 N–H and O–H groups in total. The molecule has 2 aromatic carbocycles. The van der Waals surface area contributed by atoms with Gasteiger partial charge < -0.3 is 20.3 Å². The monoisotopic (exact) mass is 430 g/mol. The first-order valence-corrected chi connectivity index (χ1v) is 10.2. The number of fused-ring (bicyclic) bond motifs is 2. The highest BCUT2D eigenvalue weighted by Gasteiger charge is 2.29. The molecular weight excluding hydrogens is 400 g/mol. The van der Waals surface area contributed by atoms with Gasteiger partial charge in [0.25, 0.3) is 0 Å². The average molecular weight is 431 g/mol. The van der Waals surface area contributed by atoms with Crippen molar-refractivity contribution in [2.75, 3.05) is 20.8 Å². The Kier molecular flexibility index (Phi) is 8.98. The molecule has 0 aliphatic heterocycles. The van der Waals surface area contributed by atoms with Crippen LogP contribution in [0.1, 0.15) is 41.2 Å². The average Bonchev–Trinajstić information content (AvgIpc) is 2.78. The molecule has 2 aliphatic rings. The van der Waals surface area contributed by atoms with E-state index >= 15 is 0 Å². The van der Waals surface area contributed by atoms with Gasteiger partial charge in [-0.3, -0.25) is 0 Å². The number of nitrogens with zero attached hydrogens (tertiary/aromatic N) is 1. The minimum atomic E-state index is -0.672. The largest absolute Gasteiger partial charge is 0.496 e. The third kappa shape index (κ3) is 5.07. The first-order chi connectivity index (χ1) is 14.1. The van der Waals surface area contributed by atoms with Gasteiger partial charge in [0, 0.05) is 0 Å². The number of aliphatic hydroxyl groups excluding tert-OH is 1. The SMILES string of the molecule is COc1cccc2c1CCC(C#N)C2O.COc1cccc2c1CCC(CN)C2.Cl. The number of rotatable bonds is 3. The number of nitrogens with two attached hydrogens (primary N) is 1. The fourth-order valence-corrected chi connectivity index (χ4v) is 4.37. The quantitative estimate of drug-likeness (QED) is 0.768. The molecule has 0 saturated heterocycles. The van der Waals surface area contributed by atoms with Gasteiger partial charge in [-0.1, -0.05) is 24.3 Å². The summed E-state index contributed by atoms with van der Waals surface area (Å²) in [6, 6.07) is 14.0. The van der Waals surface area contributed by atoms with Crippen LogP contribution in [0.4, 0.5) is 0 Å². The molecule has 0 radical (unpaired) electrons. The van der Waals surface area contributed by atoms with Gasteiger partial charge in [-0.05, 0) is 79.0 Å². The molecule has 30 heavy (non-hydrogen) atoms. The van der Waals surface area contributed by atoms with Crippen LogP contribution < -0.4 is 15.2 Å². The highest BCUT2D eigenvalue weighted by molar-refractivity contribution is 5.85. The highest BCUT2D eigenvalue weighted by atomic mass is 35.5. The maximum Gasteiger partial charge on any atom is 0.122 e. The Morgan fingerprint density at radius 2 is 1.67 bits per heavy atom. The summed E-state index contributed by atoms with van der Waals surface area (Å²) < 4.78 is 10.6.